The van der Waals surface area contributed by atoms with Gasteiger partial charge >= 0.3 is 0 Å². The minimum Gasteiger partial charge on any atom is -0.492 e. The molecule has 0 heterocycles. The lowest BCUT2D eigenvalue weighted by Crippen LogP contribution is -2.02. The van der Waals surface area contributed by atoms with Crippen LogP contribution in [0.1, 0.15) is 10.4 Å². The van der Waals surface area contributed by atoms with Crippen molar-refractivity contribution in [3.05, 3.63) is 28.5 Å². The average molecular weight is 237 g/mol. The summed E-state index contributed by atoms with van der Waals surface area (Å²) in [6.45, 7) is 0. The summed E-state index contributed by atoms with van der Waals surface area (Å²) >= 11 is 11.0. The van der Waals surface area contributed by atoms with Crippen LogP contribution >= 0.6 is 23.2 Å². The van der Waals surface area contributed by atoms with E-state index in [1.165, 1.54) is 13.2 Å². The number of Topliss-reactive ketones (excluding diaryl/α,β-unsaturated/α-hetero) is 1. The first kappa shape index (κ1) is 11.3. The largest absolute Gasteiger partial charge is 0.492 e. The molecule has 2 nitrogen and oxygen atoms in total. The summed E-state index contributed by atoms with van der Waals surface area (Å²) in [5.41, 5.74) is 0.142. The SMILES string of the molecule is COc1c(F)cc(C(=O)CCl)cc1Cl. The topological polar surface area (TPSA) is 26.3 Å². The predicted octanol–water partition coefficient (Wildman–Crippen LogP) is 2.91. The van der Waals surface area contributed by atoms with Gasteiger partial charge in [0.2, 0.25) is 0 Å². The van der Waals surface area contributed by atoms with Crippen molar-refractivity contribution in [1.29, 1.82) is 0 Å². The van der Waals surface area contributed by atoms with Gasteiger partial charge < -0.3 is 4.74 Å². The Bertz CT molecular complexity index is 343. The quantitative estimate of drug-likeness (QED) is 0.596. The van der Waals surface area contributed by atoms with Crippen LogP contribution in [0.3, 0.4) is 0 Å². The molecule has 14 heavy (non-hydrogen) atoms. The van der Waals surface area contributed by atoms with Gasteiger partial charge in [0.05, 0.1) is 18.0 Å². The summed E-state index contributed by atoms with van der Waals surface area (Å²) in [6, 6.07) is 2.38. The molecule has 0 aromatic heterocycles. The highest BCUT2D eigenvalue weighted by atomic mass is 35.5. The van der Waals surface area contributed by atoms with E-state index in [0.717, 1.165) is 6.07 Å². The average Bonchev–Trinajstić information content (AvgIpc) is 2.16. The minimum atomic E-state index is -0.673. The Morgan fingerprint density at radius 3 is 2.64 bits per heavy atom. The summed E-state index contributed by atoms with van der Waals surface area (Å²) in [7, 11) is 1.30. The zero-order chi connectivity index (χ0) is 10.7. The summed E-state index contributed by atoms with van der Waals surface area (Å²) in [5.74, 6) is -1.33. The fraction of sp³-hybridized carbons (Fsp3) is 0.222. The Kier molecular flexibility index (Phi) is 3.72. The first-order valence-electron chi connectivity index (χ1n) is 3.72. The number of ether oxygens (including phenoxy) is 1. The molecule has 0 radical (unpaired) electrons. The van der Waals surface area contributed by atoms with Crippen LogP contribution in [-0.4, -0.2) is 18.8 Å². The number of hydrogen-bond donors (Lipinski definition) is 0. The van der Waals surface area contributed by atoms with Gasteiger partial charge in [-0.05, 0) is 12.1 Å². The highest BCUT2D eigenvalue weighted by Gasteiger charge is 2.13. The summed E-state index contributed by atoms with van der Waals surface area (Å²) in [4.78, 5) is 11.1. The Morgan fingerprint density at radius 2 is 2.21 bits per heavy atom. The molecule has 0 aliphatic heterocycles. The van der Waals surface area contributed by atoms with Gasteiger partial charge in [-0.15, -0.1) is 11.6 Å². The van der Waals surface area contributed by atoms with Crippen LogP contribution in [0, 0.1) is 5.82 Å². The maximum Gasteiger partial charge on any atom is 0.177 e. The highest BCUT2D eigenvalue weighted by Crippen LogP contribution is 2.28. The molecule has 0 aliphatic carbocycles. The van der Waals surface area contributed by atoms with Gasteiger partial charge in [-0.25, -0.2) is 4.39 Å². The van der Waals surface area contributed by atoms with Gasteiger partial charge in [0.1, 0.15) is 0 Å². The van der Waals surface area contributed by atoms with E-state index in [-0.39, 0.29) is 28.0 Å². The van der Waals surface area contributed by atoms with Crippen molar-refractivity contribution in [1.82, 2.24) is 0 Å². The lowest BCUT2D eigenvalue weighted by Gasteiger charge is -2.05. The van der Waals surface area contributed by atoms with E-state index in [4.69, 9.17) is 27.9 Å². The molecule has 0 saturated carbocycles. The number of hydrogen-bond acceptors (Lipinski definition) is 2. The Morgan fingerprint density at radius 1 is 1.57 bits per heavy atom. The van der Waals surface area contributed by atoms with Crippen LogP contribution < -0.4 is 4.74 Å². The number of alkyl halides is 1. The van der Waals surface area contributed by atoms with Gasteiger partial charge in [0, 0.05) is 5.56 Å². The smallest absolute Gasteiger partial charge is 0.177 e. The van der Waals surface area contributed by atoms with Crippen LogP contribution in [0.2, 0.25) is 5.02 Å². The van der Waals surface area contributed by atoms with E-state index >= 15 is 0 Å². The van der Waals surface area contributed by atoms with Crippen molar-refractivity contribution in [3.8, 4) is 5.75 Å². The lowest BCUT2D eigenvalue weighted by atomic mass is 10.1. The lowest BCUT2D eigenvalue weighted by molar-refractivity contribution is 0.102. The number of carbonyl (C=O) groups is 1. The molecule has 0 aliphatic rings. The molecule has 0 spiro atoms. The Balaban J connectivity index is 3.20. The number of benzene rings is 1. The van der Waals surface area contributed by atoms with E-state index in [2.05, 4.69) is 0 Å². The third kappa shape index (κ3) is 2.16. The van der Waals surface area contributed by atoms with Crippen LogP contribution in [0.4, 0.5) is 4.39 Å². The molecule has 0 unspecified atom stereocenters. The van der Waals surface area contributed by atoms with Gasteiger partial charge in [0.25, 0.3) is 0 Å². The zero-order valence-corrected chi connectivity index (χ0v) is 8.82. The molecule has 0 amide bonds. The highest BCUT2D eigenvalue weighted by molar-refractivity contribution is 6.33. The maximum atomic E-state index is 13.2. The molecule has 76 valence electrons. The van der Waals surface area contributed by atoms with Gasteiger partial charge in [0.15, 0.2) is 17.3 Å². The summed E-state index contributed by atoms with van der Waals surface area (Å²) < 4.78 is 17.9. The molecule has 0 bridgehead atoms. The van der Waals surface area contributed by atoms with Crippen LogP contribution in [0.25, 0.3) is 0 Å². The monoisotopic (exact) mass is 236 g/mol. The molecule has 0 atom stereocenters. The summed E-state index contributed by atoms with van der Waals surface area (Å²) in [6.07, 6.45) is 0. The molecule has 0 N–H and O–H groups in total. The first-order valence-corrected chi connectivity index (χ1v) is 4.63. The van der Waals surface area contributed by atoms with Crippen LogP contribution in [0.15, 0.2) is 12.1 Å². The molecule has 5 heteroatoms. The fourth-order valence-corrected chi connectivity index (χ4v) is 1.43. The van der Waals surface area contributed by atoms with Crippen molar-refractivity contribution in [3.63, 3.8) is 0 Å². The number of halogens is 3. The second-order valence-corrected chi connectivity index (χ2v) is 3.20. The van der Waals surface area contributed by atoms with E-state index in [9.17, 15) is 9.18 Å². The molecular formula is C9H7Cl2FO2. The molecule has 0 saturated heterocycles. The normalized spacial score (nSPS) is 10.0. The van der Waals surface area contributed by atoms with Crippen molar-refractivity contribution in [2.24, 2.45) is 0 Å². The predicted molar refractivity (Wildman–Crippen MR) is 53.0 cm³/mol. The molecule has 1 aromatic rings. The van der Waals surface area contributed by atoms with Crippen molar-refractivity contribution < 1.29 is 13.9 Å². The Hall–Kier alpha value is -0.800. The summed E-state index contributed by atoms with van der Waals surface area (Å²) in [5, 5.41) is 0.0565. The van der Waals surface area contributed by atoms with E-state index in [0.29, 0.717) is 0 Å². The molecule has 1 rings (SSSR count). The Labute approximate surface area is 90.6 Å². The zero-order valence-electron chi connectivity index (χ0n) is 7.31. The second kappa shape index (κ2) is 4.62. The van der Waals surface area contributed by atoms with Gasteiger partial charge in [-0.1, -0.05) is 11.6 Å². The number of rotatable bonds is 3. The first-order chi connectivity index (χ1) is 6.60. The van der Waals surface area contributed by atoms with Crippen molar-refractivity contribution in [2.75, 3.05) is 13.0 Å². The standard InChI is InChI=1S/C9H7Cl2FO2/c1-14-9-6(11)2-5(3-7(9)12)8(13)4-10/h2-3H,4H2,1H3. The van der Waals surface area contributed by atoms with Crippen molar-refractivity contribution >= 4 is 29.0 Å². The second-order valence-electron chi connectivity index (χ2n) is 2.53. The third-order valence-electron chi connectivity index (χ3n) is 1.65. The number of methoxy groups -OCH3 is 1. The van der Waals surface area contributed by atoms with Gasteiger partial charge in [-0.3, -0.25) is 4.79 Å². The van der Waals surface area contributed by atoms with E-state index in [1.54, 1.807) is 0 Å². The molecule has 0 fully saturated rings. The van der Waals surface area contributed by atoms with E-state index < -0.39 is 5.82 Å². The van der Waals surface area contributed by atoms with Crippen LogP contribution in [-0.2, 0) is 0 Å². The van der Waals surface area contributed by atoms with Crippen molar-refractivity contribution in [2.45, 2.75) is 0 Å². The number of carbonyl (C=O) groups excluding carboxylic acids is 1. The molecular weight excluding hydrogens is 230 g/mol. The number of ketones is 1. The van der Waals surface area contributed by atoms with Crippen LogP contribution in [0.5, 0.6) is 5.75 Å². The minimum absolute atomic E-state index is 0.0565. The van der Waals surface area contributed by atoms with E-state index in [1.807, 2.05) is 0 Å². The fourth-order valence-electron chi connectivity index (χ4n) is 0.993. The maximum absolute atomic E-state index is 13.2. The van der Waals surface area contributed by atoms with Gasteiger partial charge in [-0.2, -0.15) is 0 Å². The third-order valence-corrected chi connectivity index (χ3v) is 2.17. The molecule has 1 aromatic carbocycles.